The Bertz CT molecular complexity index is 1120. The van der Waals surface area contributed by atoms with Crippen molar-refractivity contribution >= 4 is 0 Å². The standard InChI is InChI=1S/C23H22NO/c1-16-10-11-19-15-23(13-17-7-3-4-8-18(17)14-23)25-22(19)21(16)20-9-5-6-12-24(20)2/h3-12H,13-15H2,1-2H3/q+1/i13D2,14D2. The fourth-order valence-electron chi connectivity index (χ4n) is 3.87. The number of ether oxygens (including phenoxy) is 1. The first kappa shape index (κ1) is 11.1. The molecule has 3 aromatic rings. The molecule has 0 saturated heterocycles. The number of fused-ring (bicyclic) bond motifs is 2. The van der Waals surface area contributed by atoms with Gasteiger partial charge in [0, 0.05) is 36.8 Å². The molecule has 1 aliphatic heterocycles. The van der Waals surface area contributed by atoms with E-state index >= 15 is 0 Å². The van der Waals surface area contributed by atoms with Crippen molar-refractivity contribution in [3.8, 4) is 17.0 Å². The van der Waals surface area contributed by atoms with Gasteiger partial charge < -0.3 is 4.74 Å². The average Bonchev–Trinajstić information content (AvgIpc) is 3.15. The maximum atomic E-state index is 8.91. The van der Waals surface area contributed by atoms with Crippen molar-refractivity contribution < 1.29 is 14.8 Å². The van der Waals surface area contributed by atoms with Crippen LogP contribution in [0.25, 0.3) is 11.3 Å². The summed E-state index contributed by atoms with van der Waals surface area (Å²) in [6.45, 7) is 2.00. The van der Waals surface area contributed by atoms with Gasteiger partial charge in [0.2, 0.25) is 5.69 Å². The number of rotatable bonds is 1. The summed E-state index contributed by atoms with van der Waals surface area (Å²) < 4.78 is 44.1. The molecule has 0 fully saturated rings. The van der Waals surface area contributed by atoms with Crippen LogP contribution in [0.1, 0.15) is 27.7 Å². The molecule has 2 heterocycles. The van der Waals surface area contributed by atoms with Crippen molar-refractivity contribution in [3.05, 3.63) is 83.0 Å². The van der Waals surface area contributed by atoms with E-state index in [-0.39, 0.29) is 6.42 Å². The number of benzene rings is 2. The second-order valence-electron chi connectivity index (χ2n) is 6.84. The molecule has 1 spiro atoms. The van der Waals surface area contributed by atoms with E-state index in [1.807, 2.05) is 55.1 Å². The third kappa shape index (κ3) is 2.21. The molecule has 0 amide bonds. The summed E-state index contributed by atoms with van der Waals surface area (Å²) in [7, 11) is 1.96. The summed E-state index contributed by atoms with van der Waals surface area (Å²) in [5.41, 5.74) is 2.82. The summed E-state index contributed by atoms with van der Waals surface area (Å²) in [5.74, 6) is 0.590. The van der Waals surface area contributed by atoms with Crippen LogP contribution in [0.5, 0.6) is 5.75 Å². The highest BCUT2D eigenvalue weighted by Crippen LogP contribution is 2.48. The van der Waals surface area contributed by atoms with E-state index in [9.17, 15) is 0 Å². The maximum absolute atomic E-state index is 8.91. The van der Waals surface area contributed by atoms with Gasteiger partial charge in [-0.05, 0) is 35.2 Å². The SMILES string of the molecule is [2H]C1([2H])c2ccccc2C([2H])([2H])C12Cc1ccc(C)c(-c3cccc[n+]3C)c1O2. The van der Waals surface area contributed by atoms with Crippen LogP contribution >= 0.6 is 0 Å². The van der Waals surface area contributed by atoms with E-state index in [1.165, 1.54) is 0 Å². The number of aromatic nitrogens is 1. The Labute approximate surface area is 154 Å². The summed E-state index contributed by atoms with van der Waals surface area (Å²) in [6, 6.07) is 16.7. The van der Waals surface area contributed by atoms with Gasteiger partial charge in [0.05, 0.1) is 5.56 Å². The van der Waals surface area contributed by atoms with Crippen molar-refractivity contribution in [2.45, 2.75) is 31.7 Å². The molecule has 25 heavy (non-hydrogen) atoms. The van der Waals surface area contributed by atoms with E-state index in [1.54, 1.807) is 24.3 Å². The highest BCUT2D eigenvalue weighted by Gasteiger charge is 2.45. The largest absolute Gasteiger partial charge is 0.485 e. The number of nitrogens with zero attached hydrogens (tertiary/aromatic N) is 1. The first-order valence-corrected chi connectivity index (χ1v) is 8.57. The summed E-state index contributed by atoms with van der Waals surface area (Å²) in [5, 5.41) is 0. The zero-order chi connectivity index (χ0) is 20.6. The molecule has 124 valence electrons. The number of pyridine rings is 1. The topological polar surface area (TPSA) is 13.1 Å². The lowest BCUT2D eigenvalue weighted by Crippen LogP contribution is -2.35. The second kappa shape index (κ2) is 5.19. The van der Waals surface area contributed by atoms with Gasteiger partial charge in [0.15, 0.2) is 6.20 Å². The van der Waals surface area contributed by atoms with Crippen molar-refractivity contribution in [2.24, 2.45) is 7.05 Å². The molecule has 1 aliphatic carbocycles. The van der Waals surface area contributed by atoms with Gasteiger partial charge in [-0.25, -0.2) is 4.57 Å². The molecule has 0 N–H and O–H groups in total. The summed E-state index contributed by atoms with van der Waals surface area (Å²) in [4.78, 5) is 0. The minimum absolute atomic E-state index is 0.181. The van der Waals surface area contributed by atoms with Crippen LogP contribution in [0.15, 0.2) is 60.8 Å². The maximum Gasteiger partial charge on any atom is 0.216 e. The van der Waals surface area contributed by atoms with Crippen LogP contribution in [0, 0.1) is 6.92 Å². The smallest absolute Gasteiger partial charge is 0.216 e. The Balaban J connectivity index is 1.74. The lowest BCUT2D eigenvalue weighted by molar-refractivity contribution is -0.660. The Kier molecular flexibility index (Phi) is 2.30. The quantitative estimate of drug-likeness (QED) is 0.615. The Morgan fingerprint density at radius 2 is 1.68 bits per heavy atom. The van der Waals surface area contributed by atoms with E-state index < -0.39 is 18.3 Å². The minimum Gasteiger partial charge on any atom is -0.485 e. The number of hydrogen-bond acceptors (Lipinski definition) is 1. The van der Waals surface area contributed by atoms with Gasteiger partial charge in [-0.2, -0.15) is 0 Å². The van der Waals surface area contributed by atoms with E-state index in [0.717, 1.165) is 22.4 Å². The molecule has 0 atom stereocenters. The molecule has 2 nitrogen and oxygen atoms in total. The molecule has 0 bridgehead atoms. The molecular formula is C23H22NO+. The van der Waals surface area contributed by atoms with Crippen molar-refractivity contribution in [1.29, 1.82) is 0 Å². The zero-order valence-electron chi connectivity index (χ0n) is 18.3. The highest BCUT2D eigenvalue weighted by atomic mass is 16.5. The zero-order valence-corrected chi connectivity index (χ0v) is 14.3. The molecule has 2 aromatic carbocycles. The predicted molar refractivity (Wildman–Crippen MR) is 98.7 cm³/mol. The van der Waals surface area contributed by atoms with Crippen molar-refractivity contribution in [2.75, 3.05) is 0 Å². The molecule has 0 unspecified atom stereocenters. The Hall–Kier alpha value is -2.61. The van der Waals surface area contributed by atoms with Crippen LogP contribution in [-0.2, 0) is 26.2 Å². The minimum atomic E-state index is -1.96. The lowest BCUT2D eigenvalue weighted by Gasteiger charge is -2.23. The van der Waals surface area contributed by atoms with Crippen LogP contribution in [0.4, 0.5) is 0 Å². The Morgan fingerprint density at radius 1 is 0.960 bits per heavy atom. The molecule has 0 saturated carbocycles. The van der Waals surface area contributed by atoms with Crippen LogP contribution in [0.3, 0.4) is 0 Å². The van der Waals surface area contributed by atoms with Gasteiger partial charge in [0.1, 0.15) is 18.4 Å². The van der Waals surface area contributed by atoms with Crippen molar-refractivity contribution in [3.63, 3.8) is 0 Å². The molecule has 2 aliphatic rings. The van der Waals surface area contributed by atoms with Crippen molar-refractivity contribution in [1.82, 2.24) is 0 Å². The summed E-state index contributed by atoms with van der Waals surface area (Å²) in [6.07, 6.45) is -1.78. The lowest BCUT2D eigenvalue weighted by atomic mass is 9.92. The monoisotopic (exact) mass is 332 g/mol. The van der Waals surface area contributed by atoms with Crippen LogP contribution in [0.2, 0.25) is 0 Å². The second-order valence-corrected chi connectivity index (χ2v) is 6.84. The third-order valence-corrected chi connectivity index (χ3v) is 5.07. The van der Waals surface area contributed by atoms with E-state index in [4.69, 9.17) is 10.2 Å². The van der Waals surface area contributed by atoms with Gasteiger partial charge in [-0.3, -0.25) is 0 Å². The average molecular weight is 332 g/mol. The fraction of sp³-hybridized carbons (Fsp3) is 0.261. The number of aryl methyl sites for hydroxylation is 2. The van der Waals surface area contributed by atoms with Gasteiger partial charge in [-0.1, -0.05) is 36.4 Å². The summed E-state index contributed by atoms with van der Waals surface area (Å²) >= 11 is 0. The van der Waals surface area contributed by atoms with Crippen LogP contribution in [-0.4, -0.2) is 5.60 Å². The van der Waals surface area contributed by atoms with Crippen LogP contribution < -0.4 is 9.30 Å². The van der Waals surface area contributed by atoms with E-state index in [2.05, 4.69) is 0 Å². The molecule has 2 heteroatoms. The van der Waals surface area contributed by atoms with E-state index in [0.29, 0.717) is 16.9 Å². The fourth-order valence-corrected chi connectivity index (χ4v) is 3.87. The normalized spacial score (nSPS) is 23.0. The van der Waals surface area contributed by atoms with Gasteiger partial charge in [0.25, 0.3) is 0 Å². The highest BCUT2D eigenvalue weighted by molar-refractivity contribution is 5.72. The molecule has 1 aromatic heterocycles. The predicted octanol–water partition coefficient (Wildman–Crippen LogP) is 3.96. The molecular weight excluding hydrogens is 306 g/mol. The molecule has 0 radical (unpaired) electrons. The van der Waals surface area contributed by atoms with Gasteiger partial charge in [-0.15, -0.1) is 0 Å². The first-order valence-electron chi connectivity index (χ1n) is 10.6. The first-order chi connectivity index (χ1) is 13.7. The number of hydrogen-bond donors (Lipinski definition) is 0. The van der Waals surface area contributed by atoms with Gasteiger partial charge >= 0.3 is 0 Å². The third-order valence-electron chi connectivity index (χ3n) is 5.07. The molecule has 5 rings (SSSR count). The Morgan fingerprint density at radius 3 is 2.40 bits per heavy atom.